The number of benzene rings is 1. The summed E-state index contributed by atoms with van der Waals surface area (Å²) in [6.07, 6.45) is 3.60. The molecule has 0 radical (unpaired) electrons. The van der Waals surface area contributed by atoms with Crippen LogP contribution in [-0.2, 0) is 6.42 Å². The van der Waals surface area contributed by atoms with E-state index in [-0.39, 0.29) is 5.54 Å². The molecule has 0 atom stereocenters. The lowest BCUT2D eigenvalue weighted by Gasteiger charge is -2.39. The Morgan fingerprint density at radius 3 is 2.82 bits per heavy atom. The molecule has 0 fully saturated rings. The highest BCUT2D eigenvalue weighted by Gasteiger charge is 2.24. The van der Waals surface area contributed by atoms with Crippen molar-refractivity contribution in [3.05, 3.63) is 23.8 Å². The van der Waals surface area contributed by atoms with Crippen LogP contribution in [0.15, 0.2) is 18.2 Å². The molecule has 1 N–H and O–H groups in total. The predicted molar refractivity (Wildman–Crippen MR) is 76.0 cm³/mol. The first-order valence-electron chi connectivity index (χ1n) is 6.66. The van der Waals surface area contributed by atoms with Gasteiger partial charge >= 0.3 is 0 Å². The number of anilines is 2. The van der Waals surface area contributed by atoms with E-state index in [1.165, 1.54) is 29.8 Å². The Labute approximate surface area is 105 Å². The number of nitrogens with one attached hydrogen (secondary N) is 1. The van der Waals surface area contributed by atoms with Crippen LogP contribution in [-0.4, -0.2) is 19.1 Å². The van der Waals surface area contributed by atoms with Gasteiger partial charge in [0.2, 0.25) is 0 Å². The molecule has 94 valence electrons. The second-order valence-corrected chi connectivity index (χ2v) is 5.57. The molecule has 2 nitrogen and oxygen atoms in total. The third kappa shape index (κ3) is 2.26. The maximum atomic E-state index is 3.57. The first-order valence-corrected chi connectivity index (χ1v) is 6.66. The number of aryl methyl sites for hydroxylation is 1. The zero-order valence-corrected chi connectivity index (χ0v) is 11.5. The molecular weight excluding hydrogens is 208 g/mol. The van der Waals surface area contributed by atoms with Gasteiger partial charge in [0.1, 0.15) is 0 Å². The van der Waals surface area contributed by atoms with Crippen molar-refractivity contribution in [3.63, 3.8) is 0 Å². The lowest BCUT2D eigenvalue weighted by atomic mass is 9.96. The molecule has 1 aliphatic rings. The Hall–Kier alpha value is -1.18. The number of nitrogens with zero attached hydrogens (tertiary/aromatic N) is 1. The fourth-order valence-electron chi connectivity index (χ4n) is 2.33. The highest BCUT2D eigenvalue weighted by Crippen LogP contribution is 2.35. The van der Waals surface area contributed by atoms with Crippen molar-refractivity contribution in [1.82, 2.24) is 0 Å². The average molecular weight is 232 g/mol. The molecule has 2 rings (SSSR count). The molecule has 1 aliphatic heterocycles. The molecule has 0 saturated heterocycles. The molecule has 0 spiro atoms. The average Bonchev–Trinajstić information content (AvgIpc) is 2.37. The Bertz CT molecular complexity index is 396. The van der Waals surface area contributed by atoms with E-state index < -0.39 is 0 Å². The van der Waals surface area contributed by atoms with Gasteiger partial charge in [-0.2, -0.15) is 0 Å². The Morgan fingerprint density at radius 2 is 2.12 bits per heavy atom. The van der Waals surface area contributed by atoms with Crippen LogP contribution in [0.1, 0.15) is 39.2 Å². The van der Waals surface area contributed by atoms with Crippen LogP contribution in [0.5, 0.6) is 0 Å². The van der Waals surface area contributed by atoms with Crippen molar-refractivity contribution in [2.45, 2.75) is 45.6 Å². The number of para-hydroxylation sites is 1. The molecule has 0 unspecified atom stereocenters. The van der Waals surface area contributed by atoms with Gasteiger partial charge in [-0.15, -0.1) is 0 Å². The molecule has 0 saturated carbocycles. The summed E-state index contributed by atoms with van der Waals surface area (Å²) >= 11 is 0. The molecule has 1 heterocycles. The summed E-state index contributed by atoms with van der Waals surface area (Å²) in [6.45, 7) is 7.95. The maximum absolute atomic E-state index is 3.57. The highest BCUT2D eigenvalue weighted by atomic mass is 15.2. The van der Waals surface area contributed by atoms with E-state index >= 15 is 0 Å². The predicted octanol–water partition coefficient (Wildman–Crippen LogP) is 3.67. The smallest absolute Gasteiger partial charge is 0.0610 e. The summed E-state index contributed by atoms with van der Waals surface area (Å²) in [7, 11) is 2.20. The number of hydrogen-bond acceptors (Lipinski definition) is 2. The van der Waals surface area contributed by atoms with Crippen LogP contribution < -0.4 is 10.2 Å². The molecule has 1 aromatic rings. The van der Waals surface area contributed by atoms with Crippen LogP contribution in [0, 0.1) is 0 Å². The van der Waals surface area contributed by atoms with E-state index in [0.717, 1.165) is 13.0 Å². The molecule has 0 aliphatic carbocycles. The molecule has 2 heteroatoms. The lowest BCUT2D eigenvalue weighted by Crippen LogP contribution is -2.41. The molecule has 1 aromatic carbocycles. The molecule has 17 heavy (non-hydrogen) atoms. The van der Waals surface area contributed by atoms with E-state index in [4.69, 9.17) is 0 Å². The second-order valence-electron chi connectivity index (χ2n) is 5.57. The third-order valence-corrected chi connectivity index (χ3v) is 4.19. The zero-order chi connectivity index (χ0) is 12.5. The first-order chi connectivity index (χ1) is 8.06. The molecule has 0 aromatic heterocycles. The van der Waals surface area contributed by atoms with E-state index in [1.807, 2.05) is 0 Å². The Morgan fingerprint density at radius 1 is 1.35 bits per heavy atom. The summed E-state index contributed by atoms with van der Waals surface area (Å²) < 4.78 is 0. The van der Waals surface area contributed by atoms with E-state index in [0.29, 0.717) is 0 Å². The lowest BCUT2D eigenvalue weighted by molar-refractivity contribution is 0.471. The van der Waals surface area contributed by atoms with Crippen molar-refractivity contribution in [2.75, 3.05) is 23.8 Å². The quantitative estimate of drug-likeness (QED) is 0.855. The standard InChI is InChI=1S/C15H24N2/c1-5-15(2,3)17(4)13-10-6-8-12-9-7-11-16-14(12)13/h6,8,10,16H,5,7,9,11H2,1-4H3. The van der Waals surface area contributed by atoms with Crippen LogP contribution in [0.25, 0.3) is 0 Å². The van der Waals surface area contributed by atoms with Crippen molar-refractivity contribution in [1.29, 1.82) is 0 Å². The maximum Gasteiger partial charge on any atom is 0.0610 e. The number of fused-ring (bicyclic) bond motifs is 1. The summed E-state index contributed by atoms with van der Waals surface area (Å²) in [5.41, 5.74) is 4.36. The van der Waals surface area contributed by atoms with Crippen LogP contribution >= 0.6 is 0 Å². The molecular formula is C15H24N2. The SMILES string of the molecule is CCC(C)(C)N(C)c1cccc2c1NCCC2. The summed E-state index contributed by atoms with van der Waals surface area (Å²) in [4.78, 5) is 2.41. The minimum atomic E-state index is 0.203. The van der Waals surface area contributed by atoms with Crippen molar-refractivity contribution in [3.8, 4) is 0 Å². The first kappa shape index (κ1) is 12.3. The van der Waals surface area contributed by atoms with Gasteiger partial charge < -0.3 is 10.2 Å². The Kier molecular flexibility index (Phi) is 3.32. The summed E-state index contributed by atoms with van der Waals surface area (Å²) in [5.74, 6) is 0. The molecule has 0 amide bonds. The molecule has 0 bridgehead atoms. The van der Waals surface area contributed by atoms with Gasteiger partial charge in [0.05, 0.1) is 11.4 Å². The van der Waals surface area contributed by atoms with Gasteiger partial charge in [-0.25, -0.2) is 0 Å². The summed E-state index contributed by atoms with van der Waals surface area (Å²) in [5, 5.41) is 3.57. The van der Waals surface area contributed by atoms with Gasteiger partial charge in [-0.05, 0) is 44.7 Å². The topological polar surface area (TPSA) is 15.3 Å². The fourth-order valence-corrected chi connectivity index (χ4v) is 2.33. The fraction of sp³-hybridized carbons (Fsp3) is 0.600. The minimum Gasteiger partial charge on any atom is -0.383 e. The van der Waals surface area contributed by atoms with Gasteiger partial charge in [0, 0.05) is 19.1 Å². The van der Waals surface area contributed by atoms with Crippen molar-refractivity contribution >= 4 is 11.4 Å². The van der Waals surface area contributed by atoms with E-state index in [1.54, 1.807) is 0 Å². The van der Waals surface area contributed by atoms with Crippen LogP contribution in [0.3, 0.4) is 0 Å². The number of rotatable bonds is 3. The van der Waals surface area contributed by atoms with Gasteiger partial charge in [-0.3, -0.25) is 0 Å². The van der Waals surface area contributed by atoms with Crippen molar-refractivity contribution in [2.24, 2.45) is 0 Å². The Balaban J connectivity index is 2.39. The van der Waals surface area contributed by atoms with Crippen molar-refractivity contribution < 1.29 is 0 Å². The highest BCUT2D eigenvalue weighted by molar-refractivity contribution is 5.75. The summed E-state index contributed by atoms with van der Waals surface area (Å²) in [6, 6.07) is 6.66. The van der Waals surface area contributed by atoms with Gasteiger partial charge in [-0.1, -0.05) is 19.1 Å². The zero-order valence-electron chi connectivity index (χ0n) is 11.5. The van der Waals surface area contributed by atoms with E-state index in [2.05, 4.69) is 56.2 Å². The van der Waals surface area contributed by atoms with Gasteiger partial charge in [0.15, 0.2) is 0 Å². The van der Waals surface area contributed by atoms with Crippen LogP contribution in [0.2, 0.25) is 0 Å². The van der Waals surface area contributed by atoms with Crippen LogP contribution in [0.4, 0.5) is 11.4 Å². The second kappa shape index (κ2) is 4.59. The monoisotopic (exact) mass is 232 g/mol. The largest absolute Gasteiger partial charge is 0.383 e. The third-order valence-electron chi connectivity index (χ3n) is 4.19. The van der Waals surface area contributed by atoms with Gasteiger partial charge in [0.25, 0.3) is 0 Å². The normalized spacial score (nSPS) is 15.1. The number of hydrogen-bond donors (Lipinski definition) is 1. The van der Waals surface area contributed by atoms with E-state index in [9.17, 15) is 0 Å². The minimum absolute atomic E-state index is 0.203.